The number of nitrogens with zero attached hydrogens (tertiary/aromatic N) is 1. The Morgan fingerprint density at radius 2 is 2.11 bits per heavy atom. The number of rotatable bonds is 5. The van der Waals surface area contributed by atoms with E-state index in [1.807, 2.05) is 49.4 Å². The molecule has 0 heterocycles. The minimum Gasteiger partial charge on any atom is -0.460 e. The third-order valence-corrected chi connectivity index (χ3v) is 2.59. The normalized spacial score (nSPS) is 13.8. The van der Waals surface area contributed by atoms with Crippen molar-refractivity contribution in [1.82, 2.24) is 0 Å². The molecular formula is C15H17NO2. The Morgan fingerprint density at radius 3 is 2.61 bits per heavy atom. The molecule has 0 aliphatic heterocycles. The standard InChI is InChI=1S/C15H17NO2/c1-4-9-13(12-10-7-6-8-11-12)14(16-3)15(17)18-5-2/h4,6-11,13-14H,5H2,1-2H3/b9-4+. The quantitative estimate of drug-likeness (QED) is 0.451. The van der Waals surface area contributed by atoms with Crippen LogP contribution in [0, 0.1) is 6.57 Å². The molecule has 0 spiro atoms. The van der Waals surface area contributed by atoms with Crippen LogP contribution in [0.2, 0.25) is 0 Å². The molecule has 0 saturated carbocycles. The summed E-state index contributed by atoms with van der Waals surface area (Å²) in [4.78, 5) is 15.2. The predicted molar refractivity (Wildman–Crippen MR) is 71.0 cm³/mol. The average Bonchev–Trinajstić information content (AvgIpc) is 2.40. The maximum Gasteiger partial charge on any atom is 0.391 e. The van der Waals surface area contributed by atoms with Gasteiger partial charge in [0.1, 0.15) is 0 Å². The van der Waals surface area contributed by atoms with Gasteiger partial charge in [-0.25, -0.2) is 11.4 Å². The van der Waals surface area contributed by atoms with Gasteiger partial charge in [0.25, 0.3) is 0 Å². The summed E-state index contributed by atoms with van der Waals surface area (Å²) in [6.07, 6.45) is 3.73. The van der Waals surface area contributed by atoms with Crippen LogP contribution < -0.4 is 0 Å². The van der Waals surface area contributed by atoms with Gasteiger partial charge >= 0.3 is 12.0 Å². The molecular weight excluding hydrogens is 226 g/mol. The van der Waals surface area contributed by atoms with E-state index in [4.69, 9.17) is 11.3 Å². The van der Waals surface area contributed by atoms with Gasteiger partial charge in [-0.3, -0.25) is 0 Å². The molecule has 18 heavy (non-hydrogen) atoms. The van der Waals surface area contributed by atoms with Crippen molar-refractivity contribution in [2.45, 2.75) is 25.8 Å². The number of esters is 1. The van der Waals surface area contributed by atoms with Crippen molar-refractivity contribution in [3.63, 3.8) is 0 Å². The third kappa shape index (κ3) is 3.46. The minimum absolute atomic E-state index is 0.257. The van der Waals surface area contributed by atoms with Crippen molar-refractivity contribution in [1.29, 1.82) is 0 Å². The number of ether oxygens (including phenoxy) is 1. The SMILES string of the molecule is [C-]#[N+]C(C(=O)OCC)C(/C=C/C)c1ccccc1. The van der Waals surface area contributed by atoms with Gasteiger partial charge in [0, 0.05) is 0 Å². The average molecular weight is 243 g/mol. The summed E-state index contributed by atoms with van der Waals surface area (Å²) in [7, 11) is 0. The highest BCUT2D eigenvalue weighted by Crippen LogP contribution is 2.24. The summed E-state index contributed by atoms with van der Waals surface area (Å²) in [5.41, 5.74) is 0.949. The Bertz CT molecular complexity index is 445. The molecule has 1 aromatic carbocycles. The number of hydrogen-bond acceptors (Lipinski definition) is 2. The first-order chi connectivity index (χ1) is 8.74. The maximum atomic E-state index is 11.8. The van der Waals surface area contributed by atoms with E-state index >= 15 is 0 Å². The molecule has 0 aliphatic rings. The van der Waals surface area contributed by atoms with Gasteiger partial charge in [0.05, 0.1) is 12.5 Å². The second-order valence-electron chi connectivity index (χ2n) is 3.79. The Hall–Kier alpha value is -2.08. The van der Waals surface area contributed by atoms with Crippen LogP contribution in [0.4, 0.5) is 0 Å². The van der Waals surface area contributed by atoms with E-state index in [-0.39, 0.29) is 5.92 Å². The molecule has 3 nitrogen and oxygen atoms in total. The highest BCUT2D eigenvalue weighted by Gasteiger charge is 2.34. The maximum absolute atomic E-state index is 11.8. The number of allylic oxidation sites excluding steroid dienone is 1. The molecule has 0 N–H and O–H groups in total. The highest BCUT2D eigenvalue weighted by atomic mass is 16.5. The zero-order chi connectivity index (χ0) is 13.4. The summed E-state index contributed by atoms with van der Waals surface area (Å²) in [6.45, 7) is 11.1. The van der Waals surface area contributed by atoms with Crippen LogP contribution in [0.25, 0.3) is 4.85 Å². The van der Waals surface area contributed by atoms with Crippen LogP contribution in [0.1, 0.15) is 25.3 Å². The lowest BCUT2D eigenvalue weighted by Crippen LogP contribution is -2.26. The number of carbonyl (C=O) groups is 1. The summed E-state index contributed by atoms with van der Waals surface area (Å²) in [5.74, 6) is -0.716. The molecule has 2 unspecified atom stereocenters. The smallest absolute Gasteiger partial charge is 0.391 e. The fourth-order valence-electron chi connectivity index (χ4n) is 1.79. The Labute approximate surface area is 108 Å². The summed E-state index contributed by atoms with van der Waals surface area (Å²) >= 11 is 0. The summed E-state index contributed by atoms with van der Waals surface area (Å²) in [5, 5.41) is 0. The van der Waals surface area contributed by atoms with E-state index in [1.54, 1.807) is 6.92 Å². The molecule has 94 valence electrons. The highest BCUT2D eigenvalue weighted by molar-refractivity contribution is 5.79. The van der Waals surface area contributed by atoms with Crippen LogP contribution in [0.15, 0.2) is 42.5 Å². The van der Waals surface area contributed by atoms with Crippen LogP contribution in [-0.4, -0.2) is 18.6 Å². The fourth-order valence-corrected chi connectivity index (χ4v) is 1.79. The van der Waals surface area contributed by atoms with Crippen molar-refractivity contribution in [2.24, 2.45) is 0 Å². The van der Waals surface area contributed by atoms with Gasteiger partial charge in [0.15, 0.2) is 0 Å². The zero-order valence-electron chi connectivity index (χ0n) is 10.7. The Balaban J connectivity index is 3.04. The van der Waals surface area contributed by atoms with Crippen molar-refractivity contribution >= 4 is 5.97 Å². The lowest BCUT2D eigenvalue weighted by atomic mass is 9.91. The van der Waals surface area contributed by atoms with Gasteiger partial charge in [-0.2, -0.15) is 0 Å². The molecule has 0 radical (unpaired) electrons. The third-order valence-electron chi connectivity index (χ3n) is 2.59. The topological polar surface area (TPSA) is 30.7 Å². The number of carbonyl (C=O) groups excluding carboxylic acids is 1. The van der Waals surface area contributed by atoms with E-state index in [0.29, 0.717) is 6.61 Å². The zero-order valence-corrected chi connectivity index (χ0v) is 10.7. The molecule has 0 fully saturated rings. The molecule has 3 heteroatoms. The lowest BCUT2D eigenvalue weighted by molar-refractivity contribution is -0.143. The number of hydrogen-bond donors (Lipinski definition) is 0. The second-order valence-corrected chi connectivity index (χ2v) is 3.79. The summed E-state index contributed by atoms with van der Waals surface area (Å²) in [6, 6.07) is 8.73. The first-order valence-corrected chi connectivity index (χ1v) is 5.95. The first-order valence-electron chi connectivity index (χ1n) is 5.95. The second kappa shape index (κ2) is 7.29. The van der Waals surface area contributed by atoms with Gasteiger partial charge in [-0.15, -0.1) is 0 Å². The Morgan fingerprint density at radius 1 is 1.44 bits per heavy atom. The van der Waals surface area contributed by atoms with Crippen molar-refractivity contribution in [3.05, 3.63) is 59.5 Å². The molecule has 0 aliphatic carbocycles. The van der Waals surface area contributed by atoms with Gasteiger partial charge in [-0.1, -0.05) is 42.5 Å². The van der Waals surface area contributed by atoms with Crippen LogP contribution in [0.3, 0.4) is 0 Å². The van der Waals surface area contributed by atoms with Crippen molar-refractivity contribution < 1.29 is 9.53 Å². The van der Waals surface area contributed by atoms with Crippen LogP contribution in [-0.2, 0) is 9.53 Å². The predicted octanol–water partition coefficient (Wildman–Crippen LogP) is 3.20. The molecule has 1 rings (SSSR count). The van der Waals surface area contributed by atoms with Gasteiger partial charge in [-0.05, 0) is 19.4 Å². The molecule has 1 aromatic rings. The molecule has 2 atom stereocenters. The minimum atomic E-state index is -0.816. The first kappa shape index (κ1) is 14.0. The van der Waals surface area contributed by atoms with Crippen molar-refractivity contribution in [2.75, 3.05) is 6.61 Å². The van der Waals surface area contributed by atoms with E-state index in [2.05, 4.69) is 4.85 Å². The van der Waals surface area contributed by atoms with E-state index in [0.717, 1.165) is 5.56 Å². The van der Waals surface area contributed by atoms with Crippen LogP contribution in [0.5, 0.6) is 0 Å². The van der Waals surface area contributed by atoms with E-state index in [9.17, 15) is 4.79 Å². The van der Waals surface area contributed by atoms with E-state index in [1.165, 1.54) is 0 Å². The molecule has 0 saturated heterocycles. The summed E-state index contributed by atoms with van der Waals surface area (Å²) < 4.78 is 4.96. The lowest BCUT2D eigenvalue weighted by Gasteiger charge is -2.14. The largest absolute Gasteiger partial charge is 0.460 e. The van der Waals surface area contributed by atoms with Crippen molar-refractivity contribution in [3.8, 4) is 0 Å². The van der Waals surface area contributed by atoms with Gasteiger partial charge in [0.2, 0.25) is 0 Å². The molecule has 0 bridgehead atoms. The van der Waals surface area contributed by atoms with Gasteiger partial charge < -0.3 is 9.58 Å². The fraction of sp³-hybridized carbons (Fsp3) is 0.333. The molecule has 0 aromatic heterocycles. The molecule has 0 amide bonds. The monoisotopic (exact) mass is 243 g/mol. The van der Waals surface area contributed by atoms with Crippen LogP contribution >= 0.6 is 0 Å². The number of benzene rings is 1. The Kier molecular flexibility index (Phi) is 5.66. The van der Waals surface area contributed by atoms with E-state index < -0.39 is 12.0 Å².